The van der Waals surface area contributed by atoms with Crippen LogP contribution in [0.1, 0.15) is 19.3 Å². The molecule has 0 atom stereocenters. The van der Waals surface area contributed by atoms with Gasteiger partial charge in [-0.05, 0) is 19.3 Å². The molecule has 4 N–H and O–H groups in total. The van der Waals surface area contributed by atoms with E-state index < -0.39 is 0 Å². The quantitative estimate of drug-likeness (QED) is 0.278. The van der Waals surface area contributed by atoms with Crippen molar-refractivity contribution in [2.75, 3.05) is 46.2 Å². The first-order valence-electron chi connectivity index (χ1n) is 6.97. The van der Waals surface area contributed by atoms with Gasteiger partial charge in [0.2, 0.25) is 11.8 Å². The summed E-state index contributed by atoms with van der Waals surface area (Å²) in [5, 5.41) is 7.41. The molecule has 0 aromatic carbocycles. The summed E-state index contributed by atoms with van der Waals surface area (Å²) in [6, 6.07) is 0. The van der Waals surface area contributed by atoms with E-state index in [2.05, 4.69) is 15.9 Å². The number of amides is 2. The summed E-state index contributed by atoms with van der Waals surface area (Å²) in [6.07, 6.45) is 2.56. The molecule has 0 aromatic heterocycles. The Morgan fingerprint density at radius 2 is 1.45 bits per heavy atom. The molecular formula is C12H24BN4O4V-. The summed E-state index contributed by atoms with van der Waals surface area (Å²) >= 11 is 0. The van der Waals surface area contributed by atoms with Gasteiger partial charge >= 0.3 is 0 Å². The zero-order valence-electron chi connectivity index (χ0n) is 12.7. The van der Waals surface area contributed by atoms with Gasteiger partial charge in [-0.1, -0.05) is 6.67 Å². The van der Waals surface area contributed by atoms with Crippen LogP contribution in [0.3, 0.4) is 0 Å². The minimum absolute atomic E-state index is 0. The van der Waals surface area contributed by atoms with Gasteiger partial charge in [-0.2, -0.15) is 0 Å². The predicted octanol–water partition coefficient (Wildman–Crippen LogP) is -0.897. The van der Waals surface area contributed by atoms with Gasteiger partial charge in [-0.3, -0.25) is 9.59 Å². The standard InChI is InChI=1S/C12H24BN4O4.V/c13-17-5-4-15-11(18)8-20-6-2-1-3-7-21-9-12(19)16-10-14;/h14,17H,1-10H2,(H,15,18)(H,16,19);/q-1;. The number of hydrogen-bond acceptors (Lipinski definition) is 5. The summed E-state index contributed by atoms with van der Waals surface area (Å²) < 4.78 is 10.3. The fourth-order valence-electron chi connectivity index (χ4n) is 1.39. The molecule has 0 aliphatic rings. The van der Waals surface area contributed by atoms with Crippen molar-refractivity contribution in [2.45, 2.75) is 19.3 Å². The Kier molecular flexibility index (Phi) is 19.9. The normalized spacial score (nSPS) is 9.86. The van der Waals surface area contributed by atoms with Crippen molar-refractivity contribution in [3.63, 3.8) is 0 Å². The van der Waals surface area contributed by atoms with E-state index in [1.807, 2.05) is 0 Å². The Bertz CT molecular complexity index is 288. The fraction of sp³-hybridized carbons (Fsp3) is 0.833. The number of carbonyl (C=O) groups excluding carboxylic acids is 2. The molecule has 0 saturated carbocycles. The van der Waals surface area contributed by atoms with Crippen molar-refractivity contribution in [3.8, 4) is 0 Å². The topological polar surface area (TPSA) is 112 Å². The van der Waals surface area contributed by atoms with Crippen LogP contribution in [-0.2, 0) is 37.6 Å². The van der Waals surface area contributed by atoms with Gasteiger partial charge in [-0.25, -0.2) is 0 Å². The molecule has 0 aliphatic heterocycles. The van der Waals surface area contributed by atoms with E-state index in [4.69, 9.17) is 23.2 Å². The second kappa shape index (κ2) is 18.5. The van der Waals surface area contributed by atoms with Gasteiger partial charge in [0.15, 0.2) is 7.98 Å². The molecule has 0 unspecified atom stereocenters. The van der Waals surface area contributed by atoms with Crippen LogP contribution in [0.2, 0.25) is 0 Å². The second-order valence-electron chi connectivity index (χ2n) is 4.25. The Morgan fingerprint density at radius 1 is 0.909 bits per heavy atom. The summed E-state index contributed by atoms with van der Waals surface area (Å²) in [5.41, 5.74) is 6.78. The maximum absolute atomic E-state index is 11.2. The Labute approximate surface area is 144 Å². The molecule has 0 fully saturated rings. The number of rotatable bonds is 14. The Morgan fingerprint density at radius 3 is 1.95 bits per heavy atom. The van der Waals surface area contributed by atoms with Gasteiger partial charge in [0.1, 0.15) is 13.2 Å². The molecule has 3 radical (unpaired) electrons. The van der Waals surface area contributed by atoms with E-state index >= 15 is 0 Å². The summed E-state index contributed by atoms with van der Waals surface area (Å²) in [5.74, 6) is -0.432. The molecule has 0 rings (SSSR count). The molecular weight excluding hydrogens is 326 g/mol. The summed E-state index contributed by atoms with van der Waals surface area (Å²) in [7, 11) is 5.06. The van der Waals surface area contributed by atoms with Crippen molar-refractivity contribution in [2.24, 2.45) is 0 Å². The number of nitrogens with one attached hydrogen (secondary N) is 4. The minimum Gasteiger partial charge on any atom is -0.660 e. The van der Waals surface area contributed by atoms with Crippen LogP contribution in [0.5, 0.6) is 0 Å². The van der Waals surface area contributed by atoms with Gasteiger partial charge in [0, 0.05) is 44.9 Å². The van der Waals surface area contributed by atoms with Crippen molar-refractivity contribution in [1.82, 2.24) is 15.9 Å². The van der Waals surface area contributed by atoms with Gasteiger partial charge < -0.3 is 31.1 Å². The maximum Gasteiger partial charge on any atom is 0.246 e. The van der Waals surface area contributed by atoms with Crippen molar-refractivity contribution < 1.29 is 37.6 Å². The third kappa shape index (κ3) is 17.5. The van der Waals surface area contributed by atoms with E-state index in [0.717, 1.165) is 19.3 Å². The number of unbranched alkanes of at least 4 members (excludes halogenated alkanes) is 2. The third-order valence-electron chi connectivity index (χ3n) is 2.42. The number of carbonyl (C=O) groups is 2. The van der Waals surface area contributed by atoms with Crippen LogP contribution < -0.4 is 15.9 Å². The van der Waals surface area contributed by atoms with Crippen molar-refractivity contribution >= 4 is 19.8 Å². The van der Waals surface area contributed by atoms with Crippen LogP contribution in [0.15, 0.2) is 0 Å². The first-order valence-corrected chi connectivity index (χ1v) is 6.97. The largest absolute Gasteiger partial charge is 0.660 e. The molecule has 0 spiro atoms. The summed E-state index contributed by atoms with van der Waals surface area (Å²) in [4.78, 5) is 22.2. The molecule has 0 heterocycles. The zero-order valence-corrected chi connectivity index (χ0v) is 14.1. The first-order chi connectivity index (χ1) is 10.2. The van der Waals surface area contributed by atoms with Gasteiger partial charge in [-0.15, -0.1) is 0 Å². The van der Waals surface area contributed by atoms with Crippen molar-refractivity contribution in [3.05, 3.63) is 5.73 Å². The maximum atomic E-state index is 11.2. The monoisotopic (exact) mass is 350 g/mol. The van der Waals surface area contributed by atoms with Crippen molar-refractivity contribution in [1.29, 1.82) is 0 Å². The third-order valence-corrected chi connectivity index (χ3v) is 2.42. The second-order valence-corrected chi connectivity index (χ2v) is 4.25. The molecule has 0 aliphatic carbocycles. The Balaban J connectivity index is 0. The molecule has 2 amide bonds. The summed E-state index contributed by atoms with van der Waals surface area (Å²) in [6.45, 7) is 1.92. The zero-order chi connectivity index (χ0) is 15.8. The molecule has 8 nitrogen and oxygen atoms in total. The number of ether oxygens (including phenoxy) is 2. The molecule has 22 heavy (non-hydrogen) atoms. The predicted molar refractivity (Wildman–Crippen MR) is 79.6 cm³/mol. The van der Waals surface area contributed by atoms with Crippen LogP contribution in [0.25, 0.3) is 5.73 Å². The average Bonchev–Trinajstić information content (AvgIpc) is 2.46. The van der Waals surface area contributed by atoms with Gasteiger partial charge in [0.25, 0.3) is 0 Å². The van der Waals surface area contributed by atoms with E-state index in [-0.39, 0.29) is 50.3 Å². The molecule has 10 heteroatoms. The molecule has 0 saturated heterocycles. The van der Waals surface area contributed by atoms with Gasteiger partial charge in [0.05, 0.1) is 0 Å². The molecule has 125 valence electrons. The van der Waals surface area contributed by atoms with E-state index in [9.17, 15) is 9.59 Å². The SMILES string of the molecule is [B]NCCNC(=O)COCCCCCOCC(=O)NC[NH-].[V]. The average molecular weight is 350 g/mol. The van der Waals surface area contributed by atoms with Crippen LogP contribution >= 0.6 is 0 Å². The minimum atomic E-state index is -0.274. The first kappa shape index (κ1) is 23.7. The van der Waals surface area contributed by atoms with Crippen LogP contribution in [-0.4, -0.2) is 66.0 Å². The Hall–Kier alpha value is -0.571. The molecule has 0 aromatic rings. The fourth-order valence-corrected chi connectivity index (χ4v) is 1.39. The molecule has 0 bridgehead atoms. The van der Waals surface area contributed by atoms with E-state index in [1.54, 1.807) is 0 Å². The van der Waals surface area contributed by atoms with E-state index in [1.165, 1.54) is 0 Å². The van der Waals surface area contributed by atoms with Crippen LogP contribution in [0.4, 0.5) is 0 Å². The van der Waals surface area contributed by atoms with Crippen LogP contribution in [0, 0.1) is 0 Å². The smallest absolute Gasteiger partial charge is 0.246 e. The van der Waals surface area contributed by atoms with E-state index in [0.29, 0.717) is 26.3 Å². The number of hydrogen-bond donors (Lipinski definition) is 3.